The van der Waals surface area contributed by atoms with Gasteiger partial charge in [0.15, 0.2) is 0 Å². The van der Waals surface area contributed by atoms with Crippen LogP contribution in [0.1, 0.15) is 41.0 Å². The summed E-state index contributed by atoms with van der Waals surface area (Å²) < 4.78 is 5.13. The molecule has 0 spiro atoms. The summed E-state index contributed by atoms with van der Waals surface area (Å²) in [7, 11) is 0. The maximum atomic E-state index is 11.4. The molecule has 0 aliphatic carbocycles. The van der Waals surface area contributed by atoms with Crippen LogP contribution in [-0.4, -0.2) is 12.6 Å². The first kappa shape index (κ1) is 13.2. The third-order valence-corrected chi connectivity index (χ3v) is 1.84. The highest BCUT2D eigenvalue weighted by molar-refractivity contribution is 5.72. The molecule has 82 valence electrons. The lowest BCUT2D eigenvalue weighted by atomic mass is 10.1. The Morgan fingerprint density at radius 1 is 1.29 bits per heavy atom. The number of rotatable bonds is 5. The van der Waals surface area contributed by atoms with Gasteiger partial charge in [-0.05, 0) is 26.2 Å². The Morgan fingerprint density at radius 3 is 2.29 bits per heavy atom. The number of carbonyl (C=O) groups is 1. The van der Waals surface area contributed by atoms with Crippen LogP contribution in [0.25, 0.3) is 0 Å². The summed E-state index contributed by atoms with van der Waals surface area (Å²) in [6.45, 7) is 10.6. The van der Waals surface area contributed by atoms with E-state index >= 15 is 0 Å². The van der Waals surface area contributed by atoms with Gasteiger partial charge < -0.3 is 4.74 Å². The van der Waals surface area contributed by atoms with Gasteiger partial charge in [0.25, 0.3) is 0 Å². The first-order valence-corrected chi connectivity index (χ1v) is 5.23. The predicted molar refractivity (Wildman–Crippen MR) is 59.0 cm³/mol. The Balaban J connectivity index is 3.82. The van der Waals surface area contributed by atoms with E-state index in [4.69, 9.17) is 4.74 Å². The van der Waals surface area contributed by atoms with Crippen LogP contribution in [0.2, 0.25) is 0 Å². The van der Waals surface area contributed by atoms with Gasteiger partial charge >= 0.3 is 5.97 Å². The van der Waals surface area contributed by atoms with Crippen molar-refractivity contribution >= 4 is 5.97 Å². The summed E-state index contributed by atoms with van der Waals surface area (Å²) in [5.74, 6) is 0.300. The highest BCUT2D eigenvalue weighted by Crippen LogP contribution is 2.08. The van der Waals surface area contributed by atoms with Crippen molar-refractivity contribution in [2.75, 3.05) is 6.61 Å². The average molecular weight is 198 g/mol. The third-order valence-electron chi connectivity index (χ3n) is 1.84. The lowest BCUT2D eigenvalue weighted by molar-refractivity contribution is -0.148. The van der Waals surface area contributed by atoms with E-state index in [2.05, 4.69) is 6.08 Å². The molecule has 0 radical (unpaired) electrons. The number of carbonyl (C=O) groups excluding carboxylic acids is 1. The number of hydrogen-bond donors (Lipinski definition) is 0. The SMILES string of the molecule is CC(C)=CCC(C)C(=O)OCC(C)C. The van der Waals surface area contributed by atoms with Crippen LogP contribution in [0.3, 0.4) is 0 Å². The summed E-state index contributed by atoms with van der Waals surface area (Å²) in [4.78, 5) is 11.4. The minimum Gasteiger partial charge on any atom is -0.465 e. The molecule has 0 saturated carbocycles. The van der Waals surface area contributed by atoms with E-state index in [0.29, 0.717) is 12.5 Å². The Morgan fingerprint density at radius 2 is 1.86 bits per heavy atom. The predicted octanol–water partition coefficient (Wildman–Crippen LogP) is 3.18. The van der Waals surface area contributed by atoms with Crippen molar-refractivity contribution in [3.8, 4) is 0 Å². The van der Waals surface area contributed by atoms with Gasteiger partial charge in [-0.1, -0.05) is 32.4 Å². The molecular formula is C12H22O2. The van der Waals surface area contributed by atoms with Crippen molar-refractivity contribution in [3.63, 3.8) is 0 Å². The summed E-state index contributed by atoms with van der Waals surface area (Å²) in [6, 6.07) is 0. The van der Waals surface area contributed by atoms with Crippen molar-refractivity contribution in [3.05, 3.63) is 11.6 Å². The minimum atomic E-state index is -0.0869. The summed E-state index contributed by atoms with van der Waals surface area (Å²) in [5.41, 5.74) is 1.24. The topological polar surface area (TPSA) is 26.3 Å². The van der Waals surface area contributed by atoms with Crippen LogP contribution < -0.4 is 0 Å². The molecule has 2 nitrogen and oxygen atoms in total. The van der Waals surface area contributed by atoms with Crippen LogP contribution in [0, 0.1) is 11.8 Å². The van der Waals surface area contributed by atoms with Crippen LogP contribution in [0.4, 0.5) is 0 Å². The standard InChI is InChI=1S/C12H22O2/c1-9(2)6-7-11(5)12(13)14-8-10(3)4/h6,10-11H,7-8H2,1-5H3. The summed E-state index contributed by atoms with van der Waals surface area (Å²) in [5, 5.41) is 0. The molecule has 0 bridgehead atoms. The molecule has 0 fully saturated rings. The Kier molecular flexibility index (Phi) is 6.26. The second kappa shape index (κ2) is 6.63. The highest BCUT2D eigenvalue weighted by atomic mass is 16.5. The van der Waals surface area contributed by atoms with E-state index in [-0.39, 0.29) is 11.9 Å². The monoisotopic (exact) mass is 198 g/mol. The van der Waals surface area contributed by atoms with E-state index < -0.39 is 0 Å². The van der Waals surface area contributed by atoms with Crippen LogP contribution in [0.5, 0.6) is 0 Å². The molecule has 1 atom stereocenters. The summed E-state index contributed by atoms with van der Waals surface area (Å²) in [6.07, 6.45) is 2.85. The third kappa shape index (κ3) is 6.70. The lowest BCUT2D eigenvalue weighted by Crippen LogP contribution is -2.17. The number of allylic oxidation sites excluding steroid dienone is 2. The zero-order valence-electron chi connectivity index (χ0n) is 9.96. The van der Waals surface area contributed by atoms with Gasteiger partial charge in [-0.15, -0.1) is 0 Å². The van der Waals surface area contributed by atoms with Gasteiger partial charge in [0.2, 0.25) is 0 Å². The van der Waals surface area contributed by atoms with E-state index in [1.807, 2.05) is 34.6 Å². The van der Waals surface area contributed by atoms with Crippen LogP contribution >= 0.6 is 0 Å². The number of ether oxygens (including phenoxy) is 1. The van der Waals surface area contributed by atoms with Crippen molar-refractivity contribution in [1.29, 1.82) is 0 Å². The van der Waals surface area contributed by atoms with Gasteiger partial charge in [-0.2, -0.15) is 0 Å². The van der Waals surface area contributed by atoms with Gasteiger partial charge in [-0.25, -0.2) is 0 Å². The molecule has 1 unspecified atom stereocenters. The molecular weight excluding hydrogens is 176 g/mol. The van der Waals surface area contributed by atoms with E-state index in [1.54, 1.807) is 0 Å². The Hall–Kier alpha value is -0.790. The molecule has 0 heterocycles. The molecule has 0 aliphatic heterocycles. The van der Waals surface area contributed by atoms with Crippen LogP contribution in [0.15, 0.2) is 11.6 Å². The highest BCUT2D eigenvalue weighted by Gasteiger charge is 2.13. The first-order chi connectivity index (χ1) is 6.43. The molecule has 0 rings (SSSR count). The van der Waals surface area contributed by atoms with Crippen molar-refractivity contribution < 1.29 is 9.53 Å². The van der Waals surface area contributed by atoms with Gasteiger partial charge in [-0.3, -0.25) is 4.79 Å². The fourth-order valence-electron chi connectivity index (χ4n) is 0.900. The Labute approximate surface area is 87.3 Å². The fourth-order valence-corrected chi connectivity index (χ4v) is 0.900. The Bertz CT molecular complexity index is 200. The zero-order chi connectivity index (χ0) is 11.1. The molecule has 0 aromatic carbocycles. The second-order valence-corrected chi connectivity index (χ2v) is 4.44. The summed E-state index contributed by atoms with van der Waals surface area (Å²) >= 11 is 0. The minimum absolute atomic E-state index is 0.0244. The molecule has 0 aliphatic rings. The van der Waals surface area contributed by atoms with E-state index in [9.17, 15) is 4.79 Å². The smallest absolute Gasteiger partial charge is 0.308 e. The molecule has 0 aromatic rings. The molecule has 0 amide bonds. The van der Waals surface area contributed by atoms with Crippen molar-refractivity contribution in [2.24, 2.45) is 11.8 Å². The second-order valence-electron chi connectivity index (χ2n) is 4.44. The molecule has 2 heteroatoms. The van der Waals surface area contributed by atoms with Crippen molar-refractivity contribution in [1.82, 2.24) is 0 Å². The number of hydrogen-bond acceptors (Lipinski definition) is 2. The molecule has 14 heavy (non-hydrogen) atoms. The van der Waals surface area contributed by atoms with Gasteiger partial charge in [0, 0.05) is 0 Å². The van der Waals surface area contributed by atoms with Crippen LogP contribution in [-0.2, 0) is 9.53 Å². The molecule has 0 aromatic heterocycles. The fraction of sp³-hybridized carbons (Fsp3) is 0.750. The average Bonchev–Trinajstić information content (AvgIpc) is 2.09. The van der Waals surface area contributed by atoms with Crippen molar-refractivity contribution in [2.45, 2.75) is 41.0 Å². The maximum absolute atomic E-state index is 11.4. The normalized spacial score (nSPS) is 12.4. The molecule has 0 N–H and O–H groups in total. The largest absolute Gasteiger partial charge is 0.465 e. The van der Waals surface area contributed by atoms with Gasteiger partial charge in [0.05, 0.1) is 12.5 Å². The van der Waals surface area contributed by atoms with Gasteiger partial charge in [0.1, 0.15) is 0 Å². The quantitative estimate of drug-likeness (QED) is 0.501. The zero-order valence-corrected chi connectivity index (χ0v) is 9.96. The first-order valence-electron chi connectivity index (χ1n) is 5.23. The molecule has 0 saturated heterocycles. The van der Waals surface area contributed by atoms with E-state index in [0.717, 1.165) is 6.42 Å². The maximum Gasteiger partial charge on any atom is 0.308 e. The lowest BCUT2D eigenvalue weighted by Gasteiger charge is -2.11. The number of esters is 1. The van der Waals surface area contributed by atoms with E-state index in [1.165, 1.54) is 5.57 Å².